The van der Waals surface area contributed by atoms with Crippen LogP contribution in [0.2, 0.25) is 10.0 Å². The molecule has 4 heteroatoms. The molecule has 0 bridgehead atoms. The summed E-state index contributed by atoms with van der Waals surface area (Å²) in [4.78, 5) is 0. The van der Waals surface area contributed by atoms with Crippen LogP contribution in [0.3, 0.4) is 0 Å². The Morgan fingerprint density at radius 3 is 2.62 bits per heavy atom. The normalized spacial score (nSPS) is 17.2. The molecule has 0 saturated carbocycles. The van der Waals surface area contributed by atoms with Crippen LogP contribution in [0, 0.1) is 0 Å². The van der Waals surface area contributed by atoms with E-state index in [0.29, 0.717) is 15.6 Å². The van der Waals surface area contributed by atoms with Crippen LogP contribution < -0.4 is 4.74 Å². The number of fused-ring (bicyclic) bond motifs is 1. The van der Waals surface area contributed by atoms with E-state index in [9.17, 15) is 5.11 Å². The Balaban J connectivity index is 1.95. The lowest BCUT2D eigenvalue weighted by Crippen LogP contribution is -2.24. The molecule has 0 saturated heterocycles. The number of hydrogen-bond acceptors (Lipinski definition) is 2. The molecule has 1 atom stereocenters. The maximum atomic E-state index is 10.6. The molecule has 2 aromatic rings. The first kappa shape index (κ1) is 14.7. The molecule has 2 nitrogen and oxygen atoms in total. The molecule has 1 heterocycles. The monoisotopic (exact) mass is 322 g/mol. The molecule has 2 aromatic carbocycles. The number of aliphatic hydroxyl groups is 1. The first-order valence-corrected chi connectivity index (χ1v) is 7.56. The molecule has 0 aliphatic carbocycles. The zero-order chi connectivity index (χ0) is 15.2. The van der Waals surface area contributed by atoms with Gasteiger partial charge in [-0.1, -0.05) is 35.3 Å². The minimum Gasteiger partial charge on any atom is -0.487 e. The van der Waals surface area contributed by atoms with Gasteiger partial charge in [-0.2, -0.15) is 0 Å². The first-order chi connectivity index (χ1) is 9.85. The Kier molecular flexibility index (Phi) is 3.64. The molecular formula is C17H16Cl2O2. The van der Waals surface area contributed by atoms with Crippen molar-refractivity contribution in [3.05, 3.63) is 63.1 Å². The third kappa shape index (κ3) is 2.89. The van der Waals surface area contributed by atoms with Crippen molar-refractivity contribution in [3.8, 4) is 5.75 Å². The number of aliphatic hydroxyl groups excluding tert-OH is 1. The molecule has 1 aliphatic heterocycles. The minimum atomic E-state index is -0.774. The van der Waals surface area contributed by atoms with Gasteiger partial charge in [-0.15, -0.1) is 0 Å². The lowest BCUT2D eigenvalue weighted by atomic mass is 9.96. The Labute approximate surface area is 134 Å². The molecule has 1 aliphatic rings. The summed E-state index contributed by atoms with van der Waals surface area (Å²) < 4.78 is 5.85. The molecule has 0 radical (unpaired) electrons. The van der Waals surface area contributed by atoms with Gasteiger partial charge in [0, 0.05) is 22.0 Å². The highest BCUT2D eigenvalue weighted by atomic mass is 35.5. The zero-order valence-electron chi connectivity index (χ0n) is 11.9. The van der Waals surface area contributed by atoms with Crippen LogP contribution >= 0.6 is 23.2 Å². The van der Waals surface area contributed by atoms with Gasteiger partial charge in [0.1, 0.15) is 17.5 Å². The molecule has 3 rings (SSSR count). The number of benzene rings is 2. The van der Waals surface area contributed by atoms with Crippen LogP contribution in [0.5, 0.6) is 5.75 Å². The third-order valence-corrected chi connectivity index (χ3v) is 4.22. The summed E-state index contributed by atoms with van der Waals surface area (Å²) in [6, 6.07) is 10.9. The van der Waals surface area contributed by atoms with Crippen LogP contribution in [-0.2, 0) is 6.42 Å². The Hall–Kier alpha value is -1.22. The summed E-state index contributed by atoms with van der Waals surface area (Å²) in [5.74, 6) is 0.887. The molecule has 1 unspecified atom stereocenters. The molecular weight excluding hydrogens is 307 g/mol. The quantitative estimate of drug-likeness (QED) is 0.861. The molecule has 110 valence electrons. The molecule has 0 aromatic heterocycles. The van der Waals surface area contributed by atoms with Gasteiger partial charge in [-0.05, 0) is 49.2 Å². The summed E-state index contributed by atoms with van der Waals surface area (Å²) >= 11 is 12.1. The fraction of sp³-hybridized carbons (Fsp3) is 0.294. The maximum Gasteiger partial charge on any atom is 0.123 e. The van der Waals surface area contributed by atoms with Crippen molar-refractivity contribution in [2.45, 2.75) is 32.0 Å². The Morgan fingerprint density at radius 1 is 1.14 bits per heavy atom. The van der Waals surface area contributed by atoms with Crippen molar-refractivity contribution in [3.63, 3.8) is 0 Å². The summed E-state index contributed by atoms with van der Waals surface area (Å²) in [5, 5.41) is 11.6. The van der Waals surface area contributed by atoms with E-state index in [1.807, 2.05) is 18.2 Å². The van der Waals surface area contributed by atoms with Crippen LogP contribution in [0.1, 0.15) is 36.6 Å². The van der Waals surface area contributed by atoms with Crippen LogP contribution in [0.25, 0.3) is 0 Å². The van der Waals surface area contributed by atoms with Crippen LogP contribution in [-0.4, -0.2) is 10.7 Å². The maximum absolute atomic E-state index is 10.6. The van der Waals surface area contributed by atoms with E-state index in [2.05, 4.69) is 13.8 Å². The molecule has 1 N–H and O–H groups in total. The number of halogens is 2. The fourth-order valence-electron chi connectivity index (χ4n) is 2.70. The summed E-state index contributed by atoms with van der Waals surface area (Å²) in [6.07, 6.45) is 0.0563. The van der Waals surface area contributed by atoms with Gasteiger partial charge in [-0.25, -0.2) is 0 Å². The second-order valence-corrected chi connectivity index (χ2v) is 6.82. The number of rotatable bonds is 2. The average molecular weight is 323 g/mol. The average Bonchev–Trinajstić information content (AvgIpc) is 2.70. The smallest absolute Gasteiger partial charge is 0.123 e. The highest BCUT2D eigenvalue weighted by Crippen LogP contribution is 2.38. The van der Waals surface area contributed by atoms with Crippen LogP contribution in [0.15, 0.2) is 36.4 Å². The van der Waals surface area contributed by atoms with E-state index in [4.69, 9.17) is 27.9 Å². The van der Waals surface area contributed by atoms with E-state index in [1.54, 1.807) is 18.2 Å². The number of hydrogen-bond donors (Lipinski definition) is 1. The topological polar surface area (TPSA) is 29.5 Å². The van der Waals surface area contributed by atoms with Crippen molar-refractivity contribution in [2.24, 2.45) is 0 Å². The van der Waals surface area contributed by atoms with Crippen molar-refractivity contribution < 1.29 is 9.84 Å². The zero-order valence-corrected chi connectivity index (χ0v) is 13.4. The molecule has 21 heavy (non-hydrogen) atoms. The van der Waals surface area contributed by atoms with Crippen LogP contribution in [0.4, 0.5) is 0 Å². The predicted octanol–water partition coefficient (Wildman–Crippen LogP) is 4.79. The first-order valence-electron chi connectivity index (χ1n) is 6.80. The predicted molar refractivity (Wildman–Crippen MR) is 85.4 cm³/mol. The van der Waals surface area contributed by atoms with Gasteiger partial charge in [0.2, 0.25) is 0 Å². The molecule has 0 amide bonds. The number of ether oxygens (including phenoxy) is 1. The van der Waals surface area contributed by atoms with Gasteiger partial charge >= 0.3 is 0 Å². The highest BCUT2D eigenvalue weighted by molar-refractivity contribution is 6.35. The van der Waals surface area contributed by atoms with E-state index >= 15 is 0 Å². The van der Waals surface area contributed by atoms with Crippen molar-refractivity contribution in [1.29, 1.82) is 0 Å². The Bertz CT molecular complexity index is 695. The lowest BCUT2D eigenvalue weighted by molar-refractivity contribution is 0.138. The third-order valence-electron chi connectivity index (χ3n) is 3.66. The fourth-order valence-corrected chi connectivity index (χ4v) is 3.21. The van der Waals surface area contributed by atoms with Gasteiger partial charge in [0.05, 0.1) is 0 Å². The largest absolute Gasteiger partial charge is 0.487 e. The van der Waals surface area contributed by atoms with E-state index in [0.717, 1.165) is 23.3 Å². The lowest BCUT2D eigenvalue weighted by Gasteiger charge is -2.16. The van der Waals surface area contributed by atoms with Gasteiger partial charge < -0.3 is 9.84 Å². The second kappa shape index (κ2) is 5.20. The summed E-state index contributed by atoms with van der Waals surface area (Å²) in [5.41, 5.74) is 2.38. The summed E-state index contributed by atoms with van der Waals surface area (Å²) in [6.45, 7) is 4.11. The summed E-state index contributed by atoms with van der Waals surface area (Å²) in [7, 11) is 0. The molecule has 0 fully saturated rings. The second-order valence-electron chi connectivity index (χ2n) is 5.97. The van der Waals surface area contributed by atoms with E-state index in [1.165, 1.54) is 0 Å². The standard InChI is InChI=1S/C17H16Cl2O2/c1-17(2)9-11-7-10(3-6-15(11)21-17)16(20)13-5-4-12(18)8-14(13)19/h3-8,16,20H,9H2,1-2H3. The minimum absolute atomic E-state index is 0.191. The van der Waals surface area contributed by atoms with Crippen molar-refractivity contribution >= 4 is 23.2 Å². The van der Waals surface area contributed by atoms with Crippen molar-refractivity contribution in [2.75, 3.05) is 0 Å². The SMILES string of the molecule is CC1(C)Cc2cc(C(O)c3ccc(Cl)cc3Cl)ccc2O1. The van der Waals surface area contributed by atoms with E-state index < -0.39 is 6.10 Å². The van der Waals surface area contributed by atoms with Crippen molar-refractivity contribution in [1.82, 2.24) is 0 Å². The van der Waals surface area contributed by atoms with Gasteiger partial charge in [0.25, 0.3) is 0 Å². The highest BCUT2D eigenvalue weighted by Gasteiger charge is 2.30. The Morgan fingerprint density at radius 2 is 1.90 bits per heavy atom. The van der Waals surface area contributed by atoms with Gasteiger partial charge in [0.15, 0.2) is 0 Å². The molecule has 0 spiro atoms. The van der Waals surface area contributed by atoms with Gasteiger partial charge in [-0.3, -0.25) is 0 Å². The van der Waals surface area contributed by atoms with E-state index in [-0.39, 0.29) is 5.60 Å².